The number of ether oxygens (including phenoxy) is 2. The van der Waals surface area contributed by atoms with Crippen LogP contribution in [0, 0.1) is 5.92 Å². The zero-order valence-corrected chi connectivity index (χ0v) is 28.6. The highest BCUT2D eigenvalue weighted by Crippen LogP contribution is 2.60. The van der Waals surface area contributed by atoms with Crippen molar-refractivity contribution in [3.63, 3.8) is 0 Å². The molecule has 10 atom stereocenters. The lowest BCUT2D eigenvalue weighted by Gasteiger charge is -2.37. The highest BCUT2D eigenvalue weighted by atomic mass is 28.4. The van der Waals surface area contributed by atoms with Gasteiger partial charge in [0.1, 0.15) is 18.3 Å². The third kappa shape index (κ3) is 6.20. The number of nitrogens with zero attached hydrogens (tertiary/aromatic N) is 2. The van der Waals surface area contributed by atoms with E-state index in [0.717, 1.165) is 6.42 Å². The maximum atomic E-state index is 16.2. The summed E-state index contributed by atoms with van der Waals surface area (Å²) >= 11 is 0. The van der Waals surface area contributed by atoms with Gasteiger partial charge in [-0.15, -0.1) is 0 Å². The molecule has 2 aromatic rings. The van der Waals surface area contributed by atoms with E-state index >= 15 is 4.11 Å². The monoisotopic (exact) mass is 701 g/mol. The van der Waals surface area contributed by atoms with Crippen LogP contribution in [0.4, 0.5) is 15.5 Å². The Labute approximate surface area is 284 Å². The van der Waals surface area contributed by atoms with E-state index in [1.807, 2.05) is 19.1 Å². The van der Waals surface area contributed by atoms with E-state index < -0.39 is 68.2 Å². The summed E-state index contributed by atoms with van der Waals surface area (Å²) in [4.78, 5) is 44.1. The minimum absolute atomic E-state index is 0.0857. The quantitative estimate of drug-likeness (QED) is 0.172. The number of carbonyl (C=O) groups is 3. The van der Waals surface area contributed by atoms with Crippen LogP contribution < -0.4 is 10.2 Å². The predicted octanol–water partition coefficient (Wildman–Crippen LogP) is 1.12. The molecule has 49 heavy (non-hydrogen) atoms. The molecule has 4 aliphatic heterocycles. The van der Waals surface area contributed by atoms with Crippen LogP contribution in [0.3, 0.4) is 0 Å². The molecule has 4 aliphatic rings. The Morgan fingerprint density at radius 2 is 1.73 bits per heavy atom. The molecule has 266 valence electrons. The molecule has 0 bridgehead atoms. The molecule has 3 fully saturated rings. The Morgan fingerprint density at radius 3 is 2.41 bits per heavy atom. The number of nitrogens with one attached hydrogen (secondary N) is 1. The summed E-state index contributed by atoms with van der Waals surface area (Å²) in [6.07, 6.45) is -8.26. The molecule has 0 unspecified atom stereocenters. The van der Waals surface area contributed by atoms with Gasteiger partial charge in [0.2, 0.25) is 14.3 Å². The molecule has 4 heterocycles. The number of amides is 3. The van der Waals surface area contributed by atoms with Crippen LogP contribution in [0.15, 0.2) is 48.5 Å². The first kappa shape index (κ1) is 35.5. The van der Waals surface area contributed by atoms with Gasteiger partial charge in [-0.25, -0.2) is 0 Å². The number of anilines is 2. The van der Waals surface area contributed by atoms with Crippen LogP contribution in [0.2, 0.25) is 18.6 Å². The molecule has 6 N–H and O–H groups in total. The van der Waals surface area contributed by atoms with Crippen LogP contribution in [0.5, 0.6) is 0 Å². The fourth-order valence-corrected chi connectivity index (χ4v) is 10.7. The number of carbonyl (C=O) groups excluding carboxylic acids is 3. The molecule has 6 rings (SSSR count). The maximum absolute atomic E-state index is 16.2. The van der Waals surface area contributed by atoms with Gasteiger partial charge in [-0.1, -0.05) is 37.3 Å². The number of benzene rings is 2. The fraction of sp³-hybridized carbons (Fsp3) is 0.559. The smallest absolute Gasteiger partial charge is 0.264 e. The van der Waals surface area contributed by atoms with Crippen molar-refractivity contribution < 1.29 is 53.5 Å². The molecular formula is C34H44FN3O10Si. The van der Waals surface area contributed by atoms with Gasteiger partial charge in [0.25, 0.3) is 11.8 Å². The molecule has 0 aromatic heterocycles. The molecule has 1 spiro atoms. The summed E-state index contributed by atoms with van der Waals surface area (Å²) in [5.74, 6) is -1.99. The molecule has 2 aromatic carbocycles. The largest absolute Gasteiger partial charge is 0.394 e. The molecular weight excluding hydrogens is 657 g/mol. The van der Waals surface area contributed by atoms with Gasteiger partial charge in [-0.2, -0.15) is 0 Å². The highest BCUT2D eigenvalue weighted by Gasteiger charge is 2.67. The molecule has 0 radical (unpaired) electrons. The van der Waals surface area contributed by atoms with Gasteiger partial charge >= 0.3 is 0 Å². The Kier molecular flexibility index (Phi) is 9.75. The van der Waals surface area contributed by atoms with E-state index in [0.29, 0.717) is 35.5 Å². The normalized spacial score (nSPS) is 34.5. The van der Waals surface area contributed by atoms with Crippen molar-refractivity contribution in [3.05, 3.63) is 59.7 Å². The Hall–Kier alpha value is -3.28. The number of aliphatic hydroxyl groups excluding tert-OH is 5. The second-order valence-electron chi connectivity index (χ2n) is 14.1. The third-order valence-electron chi connectivity index (χ3n) is 10.6. The van der Waals surface area contributed by atoms with Crippen molar-refractivity contribution in [2.75, 3.05) is 23.4 Å². The second kappa shape index (κ2) is 13.4. The summed E-state index contributed by atoms with van der Waals surface area (Å²) in [5.41, 5.74) is 0.0846. The highest BCUT2D eigenvalue weighted by molar-refractivity contribution is 6.72. The fourth-order valence-electron chi connectivity index (χ4n) is 8.17. The van der Waals surface area contributed by atoms with Crippen molar-refractivity contribution >= 4 is 37.5 Å². The van der Waals surface area contributed by atoms with Crippen molar-refractivity contribution in [1.82, 2.24) is 4.90 Å². The molecule has 3 saturated heterocycles. The predicted molar refractivity (Wildman–Crippen MR) is 176 cm³/mol. The number of fused-ring (bicyclic) bond motifs is 2. The van der Waals surface area contributed by atoms with Crippen molar-refractivity contribution in [2.24, 2.45) is 5.92 Å². The van der Waals surface area contributed by atoms with E-state index in [1.54, 1.807) is 59.3 Å². The van der Waals surface area contributed by atoms with E-state index in [2.05, 4.69) is 5.32 Å². The number of likely N-dealkylation sites (tertiary alicyclic amines) is 1. The number of hydrogen-bond acceptors (Lipinski definition) is 10. The standard InChI is InChI=1S/C34H44FN3O10Si/c1-18-30(49(2,3)35)24(15-25(40)37-14-6-7-21(37)17-39)48-34(18)22-8-4-5-9-23(22)38(33(34)46)16-19-10-12-20(13-11-19)36-31(44)29-27(42)26(41)28(43)32(45)47-29/h4-5,8-13,18,21,24,26-30,32,39,41-43,45H,6-7,14-17H2,1-3H3,(H,36,44)/t18-,21-,24+,26-,27-,28+,29-,30-,32+,34+/m0/s1. The lowest BCUT2D eigenvalue weighted by Crippen LogP contribution is -2.60. The SMILES string of the molecule is C[C@H]1[C@H]([Si](C)(C)F)[C@@H](CC(=O)N2CCC[C@H]2CO)O[C@]12C(=O)N(Cc1ccc(NC(=O)[C@H]3O[C@@H](O)[C@H](O)[C@@H](O)[C@@H]3O)cc1)c1ccccc12. The summed E-state index contributed by atoms with van der Waals surface area (Å²) < 4.78 is 27.8. The summed E-state index contributed by atoms with van der Waals surface area (Å²) in [6.45, 7) is 5.49. The van der Waals surface area contributed by atoms with Crippen LogP contribution in [0.25, 0.3) is 0 Å². The van der Waals surface area contributed by atoms with E-state index in [4.69, 9.17) is 9.47 Å². The molecule has 13 nitrogen and oxygen atoms in total. The van der Waals surface area contributed by atoms with Crippen molar-refractivity contribution in [2.45, 2.75) is 99.8 Å². The van der Waals surface area contributed by atoms with Gasteiger partial charge in [0.05, 0.1) is 37.4 Å². The zero-order valence-electron chi connectivity index (χ0n) is 27.6. The number of hydrogen-bond donors (Lipinski definition) is 6. The van der Waals surface area contributed by atoms with E-state index in [-0.39, 0.29) is 37.4 Å². The maximum Gasteiger partial charge on any atom is 0.264 e. The minimum Gasteiger partial charge on any atom is -0.394 e. The van der Waals surface area contributed by atoms with Crippen LogP contribution in [-0.2, 0) is 36.0 Å². The first-order valence-corrected chi connectivity index (χ1v) is 19.6. The summed E-state index contributed by atoms with van der Waals surface area (Å²) in [6, 6.07) is 13.5. The molecule has 0 saturated carbocycles. The van der Waals surface area contributed by atoms with Crippen LogP contribution >= 0.6 is 0 Å². The van der Waals surface area contributed by atoms with Gasteiger partial charge in [-0.05, 0) is 49.7 Å². The number of para-hydroxylation sites is 1. The van der Waals surface area contributed by atoms with Crippen LogP contribution in [-0.4, -0.2) is 113 Å². The second-order valence-corrected chi connectivity index (χ2v) is 17.8. The summed E-state index contributed by atoms with van der Waals surface area (Å²) in [5, 5.41) is 51.9. The molecule has 3 amide bonds. The third-order valence-corrected chi connectivity index (χ3v) is 13.0. The van der Waals surface area contributed by atoms with E-state index in [1.165, 1.54) is 0 Å². The number of rotatable bonds is 8. The average molecular weight is 702 g/mol. The van der Waals surface area contributed by atoms with Gasteiger partial charge in [-0.3, -0.25) is 14.4 Å². The van der Waals surface area contributed by atoms with Crippen molar-refractivity contribution in [3.8, 4) is 0 Å². The lowest BCUT2D eigenvalue weighted by molar-refractivity contribution is -0.274. The zero-order chi connectivity index (χ0) is 35.4. The number of halogens is 1. The van der Waals surface area contributed by atoms with Gasteiger partial charge < -0.3 is 54.2 Å². The van der Waals surface area contributed by atoms with E-state index in [9.17, 15) is 39.9 Å². The Bertz CT molecular complexity index is 1580. The Balaban J connectivity index is 1.22. The van der Waals surface area contributed by atoms with Gasteiger partial charge in [0, 0.05) is 29.3 Å². The number of aliphatic hydroxyl groups is 5. The first-order chi connectivity index (χ1) is 23.2. The van der Waals surface area contributed by atoms with Crippen molar-refractivity contribution in [1.29, 1.82) is 0 Å². The molecule has 15 heteroatoms. The summed E-state index contributed by atoms with van der Waals surface area (Å²) in [7, 11) is -3.49. The molecule has 0 aliphatic carbocycles. The lowest BCUT2D eigenvalue weighted by atomic mass is 9.82. The Morgan fingerprint density at radius 1 is 1.04 bits per heavy atom. The van der Waals surface area contributed by atoms with Crippen LogP contribution in [0.1, 0.15) is 37.3 Å². The van der Waals surface area contributed by atoms with Gasteiger partial charge in [0.15, 0.2) is 18.0 Å². The minimum atomic E-state index is -3.49. The topological polar surface area (TPSA) is 189 Å². The first-order valence-electron chi connectivity index (χ1n) is 16.6. The average Bonchev–Trinajstić information content (AvgIpc) is 3.73.